The van der Waals surface area contributed by atoms with Gasteiger partial charge in [0.1, 0.15) is 0 Å². The van der Waals surface area contributed by atoms with Gasteiger partial charge in [0.2, 0.25) is 11.8 Å². The van der Waals surface area contributed by atoms with Gasteiger partial charge in [0.25, 0.3) is 0 Å². The molecule has 2 amide bonds. The molecule has 1 aromatic rings. The fourth-order valence-corrected chi connectivity index (χ4v) is 2.70. The number of hydrogen-bond acceptors (Lipinski definition) is 3. The predicted molar refractivity (Wildman–Crippen MR) is 86.1 cm³/mol. The van der Waals surface area contributed by atoms with Gasteiger partial charge in [0.05, 0.1) is 6.04 Å². The van der Waals surface area contributed by atoms with Crippen LogP contribution in [0.1, 0.15) is 19.4 Å². The van der Waals surface area contributed by atoms with Crippen molar-refractivity contribution >= 4 is 11.8 Å². The number of hydrogen-bond donors (Lipinski definition) is 1. The lowest BCUT2D eigenvalue weighted by Crippen LogP contribution is -2.55. The molecular formula is C17H25N3O2. The third kappa shape index (κ3) is 4.07. The van der Waals surface area contributed by atoms with Gasteiger partial charge in [-0.15, -0.1) is 0 Å². The summed E-state index contributed by atoms with van der Waals surface area (Å²) >= 11 is 0. The van der Waals surface area contributed by atoms with Crippen molar-refractivity contribution in [3.8, 4) is 0 Å². The van der Waals surface area contributed by atoms with E-state index in [9.17, 15) is 9.59 Å². The Morgan fingerprint density at radius 1 is 1.00 bits per heavy atom. The highest BCUT2D eigenvalue weighted by molar-refractivity contribution is 5.83. The summed E-state index contributed by atoms with van der Waals surface area (Å²) in [7, 11) is 0. The van der Waals surface area contributed by atoms with Crippen LogP contribution in [0.2, 0.25) is 0 Å². The van der Waals surface area contributed by atoms with Crippen molar-refractivity contribution in [1.82, 2.24) is 9.80 Å². The molecule has 0 aromatic heterocycles. The maximum Gasteiger partial charge on any atom is 0.239 e. The molecule has 5 heteroatoms. The molecule has 22 heavy (non-hydrogen) atoms. The number of benzene rings is 1. The summed E-state index contributed by atoms with van der Waals surface area (Å²) < 4.78 is 0. The van der Waals surface area contributed by atoms with Crippen molar-refractivity contribution in [2.24, 2.45) is 11.7 Å². The van der Waals surface area contributed by atoms with Gasteiger partial charge in [0.15, 0.2) is 0 Å². The number of rotatable bonds is 4. The van der Waals surface area contributed by atoms with E-state index in [1.54, 1.807) is 4.90 Å². The smallest absolute Gasteiger partial charge is 0.239 e. The van der Waals surface area contributed by atoms with Crippen LogP contribution in [0.3, 0.4) is 0 Å². The highest BCUT2D eigenvalue weighted by atomic mass is 16.2. The normalized spacial score (nSPS) is 16.7. The van der Waals surface area contributed by atoms with Crippen molar-refractivity contribution in [2.45, 2.75) is 26.3 Å². The average Bonchev–Trinajstić information content (AvgIpc) is 2.54. The Morgan fingerprint density at radius 2 is 1.50 bits per heavy atom. The summed E-state index contributed by atoms with van der Waals surface area (Å²) in [6.45, 7) is 6.13. The SMILES string of the molecule is CC(C)C(=O)N1CCN(C(=O)C(N)Cc2ccccc2)CC1. The third-order valence-electron chi connectivity index (χ3n) is 4.01. The molecular weight excluding hydrogens is 278 g/mol. The van der Waals surface area contributed by atoms with E-state index in [-0.39, 0.29) is 17.7 Å². The maximum atomic E-state index is 12.4. The van der Waals surface area contributed by atoms with Crippen LogP contribution in [0.4, 0.5) is 0 Å². The summed E-state index contributed by atoms with van der Waals surface area (Å²) in [5.41, 5.74) is 7.12. The van der Waals surface area contributed by atoms with E-state index >= 15 is 0 Å². The van der Waals surface area contributed by atoms with Crippen LogP contribution < -0.4 is 5.73 Å². The minimum Gasteiger partial charge on any atom is -0.339 e. The first-order valence-corrected chi connectivity index (χ1v) is 7.86. The van der Waals surface area contributed by atoms with E-state index < -0.39 is 6.04 Å². The van der Waals surface area contributed by atoms with E-state index in [4.69, 9.17) is 5.73 Å². The van der Waals surface area contributed by atoms with Gasteiger partial charge in [-0.25, -0.2) is 0 Å². The largest absolute Gasteiger partial charge is 0.339 e. The first-order chi connectivity index (χ1) is 10.5. The molecule has 0 saturated carbocycles. The highest BCUT2D eigenvalue weighted by Gasteiger charge is 2.27. The topological polar surface area (TPSA) is 66.6 Å². The standard InChI is InChI=1S/C17H25N3O2/c1-13(2)16(21)19-8-10-20(11-9-19)17(22)15(18)12-14-6-4-3-5-7-14/h3-7,13,15H,8-12,18H2,1-2H3. The first-order valence-electron chi connectivity index (χ1n) is 7.86. The molecule has 120 valence electrons. The van der Waals surface area contributed by atoms with Crippen molar-refractivity contribution < 1.29 is 9.59 Å². The molecule has 1 heterocycles. The van der Waals surface area contributed by atoms with Crippen LogP contribution in [0.25, 0.3) is 0 Å². The zero-order valence-electron chi connectivity index (χ0n) is 13.4. The lowest BCUT2D eigenvalue weighted by atomic mass is 10.1. The van der Waals surface area contributed by atoms with E-state index in [1.807, 2.05) is 49.1 Å². The van der Waals surface area contributed by atoms with Gasteiger partial charge in [-0.3, -0.25) is 9.59 Å². The molecule has 1 unspecified atom stereocenters. The minimum absolute atomic E-state index is 0.00240. The van der Waals surface area contributed by atoms with Gasteiger partial charge < -0.3 is 15.5 Å². The molecule has 1 aliphatic heterocycles. The van der Waals surface area contributed by atoms with Crippen LogP contribution in [-0.2, 0) is 16.0 Å². The quantitative estimate of drug-likeness (QED) is 0.898. The van der Waals surface area contributed by atoms with E-state index in [2.05, 4.69) is 0 Å². The number of nitrogens with two attached hydrogens (primary N) is 1. The molecule has 1 aromatic carbocycles. The van der Waals surface area contributed by atoms with E-state index in [0.717, 1.165) is 5.56 Å². The lowest BCUT2D eigenvalue weighted by molar-refractivity contribution is -0.142. The lowest BCUT2D eigenvalue weighted by Gasteiger charge is -2.36. The van der Waals surface area contributed by atoms with Crippen LogP contribution in [0.5, 0.6) is 0 Å². The molecule has 0 bridgehead atoms. The Kier molecular flexibility index (Phi) is 5.55. The second-order valence-corrected chi connectivity index (χ2v) is 6.10. The van der Waals surface area contributed by atoms with Gasteiger partial charge in [-0.2, -0.15) is 0 Å². The zero-order valence-corrected chi connectivity index (χ0v) is 13.4. The first kappa shape index (κ1) is 16.5. The average molecular weight is 303 g/mol. The molecule has 2 rings (SSSR count). The predicted octanol–water partition coefficient (Wildman–Crippen LogP) is 0.883. The second-order valence-electron chi connectivity index (χ2n) is 6.10. The van der Waals surface area contributed by atoms with E-state index in [1.165, 1.54) is 0 Å². The summed E-state index contributed by atoms with van der Waals surface area (Å²) in [6, 6.07) is 9.28. The molecule has 5 nitrogen and oxygen atoms in total. The zero-order chi connectivity index (χ0) is 16.1. The summed E-state index contributed by atoms with van der Waals surface area (Å²) in [5.74, 6) is 0.128. The molecule has 0 aliphatic carbocycles. The van der Waals surface area contributed by atoms with Gasteiger partial charge in [0, 0.05) is 32.1 Å². The number of nitrogens with zero attached hydrogens (tertiary/aromatic N) is 2. The maximum absolute atomic E-state index is 12.4. The van der Waals surface area contributed by atoms with Gasteiger partial charge in [-0.1, -0.05) is 44.2 Å². The fourth-order valence-electron chi connectivity index (χ4n) is 2.70. The highest BCUT2D eigenvalue weighted by Crippen LogP contribution is 2.10. The molecule has 1 atom stereocenters. The third-order valence-corrected chi connectivity index (χ3v) is 4.01. The van der Waals surface area contributed by atoms with Crippen LogP contribution in [0, 0.1) is 5.92 Å². The van der Waals surface area contributed by atoms with Crippen molar-refractivity contribution in [3.63, 3.8) is 0 Å². The minimum atomic E-state index is -0.519. The Balaban J connectivity index is 1.85. The number of carbonyl (C=O) groups excluding carboxylic acids is 2. The van der Waals surface area contributed by atoms with E-state index in [0.29, 0.717) is 32.6 Å². The van der Waals surface area contributed by atoms with Crippen LogP contribution >= 0.6 is 0 Å². The Bertz CT molecular complexity index is 508. The summed E-state index contributed by atoms with van der Waals surface area (Å²) in [5, 5.41) is 0. The Labute approximate surface area is 132 Å². The molecule has 1 aliphatic rings. The number of amides is 2. The molecule has 1 saturated heterocycles. The van der Waals surface area contributed by atoms with Crippen molar-refractivity contribution in [1.29, 1.82) is 0 Å². The Hall–Kier alpha value is -1.88. The second kappa shape index (κ2) is 7.40. The molecule has 0 spiro atoms. The number of carbonyl (C=O) groups is 2. The fraction of sp³-hybridized carbons (Fsp3) is 0.529. The Morgan fingerprint density at radius 3 is 2.00 bits per heavy atom. The molecule has 0 radical (unpaired) electrons. The van der Waals surface area contributed by atoms with Crippen LogP contribution in [0.15, 0.2) is 30.3 Å². The van der Waals surface area contributed by atoms with Crippen molar-refractivity contribution in [3.05, 3.63) is 35.9 Å². The monoisotopic (exact) mass is 303 g/mol. The summed E-state index contributed by atoms with van der Waals surface area (Å²) in [4.78, 5) is 28.0. The number of piperazine rings is 1. The molecule has 2 N–H and O–H groups in total. The van der Waals surface area contributed by atoms with Gasteiger partial charge in [-0.05, 0) is 12.0 Å². The molecule has 1 fully saturated rings. The van der Waals surface area contributed by atoms with Crippen molar-refractivity contribution in [2.75, 3.05) is 26.2 Å². The van der Waals surface area contributed by atoms with Crippen LogP contribution in [-0.4, -0.2) is 53.8 Å². The summed E-state index contributed by atoms with van der Waals surface area (Å²) in [6.07, 6.45) is 0.546. The van der Waals surface area contributed by atoms with Gasteiger partial charge >= 0.3 is 0 Å².